The summed E-state index contributed by atoms with van der Waals surface area (Å²) in [5.74, 6) is 0. The van der Waals surface area contributed by atoms with Gasteiger partial charge in [-0.25, -0.2) is 8.42 Å². The number of hydrogen-bond donors (Lipinski definition) is 0. The topological polar surface area (TPSA) is 61.2 Å². The Morgan fingerprint density at radius 2 is 2.25 bits per heavy atom. The van der Waals surface area contributed by atoms with E-state index in [1.54, 1.807) is 6.07 Å². The molecule has 1 aliphatic carbocycles. The van der Waals surface area contributed by atoms with Crippen LogP contribution in [0.15, 0.2) is 16.3 Å². The van der Waals surface area contributed by atoms with Crippen LogP contribution in [-0.4, -0.2) is 25.3 Å². The zero-order valence-corrected chi connectivity index (χ0v) is 10.6. The fraction of sp³-hybridized carbons (Fsp3) is 0.444. The second-order valence-corrected chi connectivity index (χ2v) is 7.33. The molecular formula is C9H9ClN2O2S2. The lowest BCUT2D eigenvalue weighted by Gasteiger charge is -2.16. The van der Waals surface area contributed by atoms with Crippen molar-refractivity contribution in [3.05, 3.63) is 16.5 Å². The number of nitriles is 1. The molecule has 1 heterocycles. The van der Waals surface area contributed by atoms with Crippen molar-refractivity contribution in [3.8, 4) is 6.07 Å². The zero-order chi connectivity index (χ0) is 11.8. The summed E-state index contributed by atoms with van der Waals surface area (Å²) >= 11 is 6.73. The third-order valence-corrected chi connectivity index (χ3v) is 5.89. The highest BCUT2D eigenvalue weighted by Gasteiger charge is 2.38. The number of nitrogens with zero attached hydrogens (tertiary/aromatic N) is 2. The van der Waals surface area contributed by atoms with E-state index < -0.39 is 10.0 Å². The number of halogens is 1. The Balaban J connectivity index is 2.33. The molecule has 2 rings (SSSR count). The maximum absolute atomic E-state index is 12.1. The monoisotopic (exact) mass is 276 g/mol. The number of rotatable bonds is 4. The van der Waals surface area contributed by atoms with Gasteiger partial charge in [-0.2, -0.15) is 9.57 Å². The lowest BCUT2D eigenvalue weighted by atomic mass is 10.6. The second kappa shape index (κ2) is 4.34. The van der Waals surface area contributed by atoms with Gasteiger partial charge >= 0.3 is 0 Å². The fourth-order valence-corrected chi connectivity index (χ4v) is 4.59. The minimum atomic E-state index is -3.53. The van der Waals surface area contributed by atoms with Crippen LogP contribution >= 0.6 is 22.9 Å². The van der Waals surface area contributed by atoms with E-state index >= 15 is 0 Å². The van der Waals surface area contributed by atoms with E-state index in [0.29, 0.717) is 4.34 Å². The van der Waals surface area contributed by atoms with E-state index in [1.165, 1.54) is 10.4 Å². The van der Waals surface area contributed by atoms with Crippen molar-refractivity contribution in [1.29, 1.82) is 5.26 Å². The molecule has 0 radical (unpaired) electrons. The van der Waals surface area contributed by atoms with Crippen molar-refractivity contribution in [2.75, 3.05) is 6.54 Å². The number of sulfonamides is 1. The first-order valence-corrected chi connectivity index (χ1v) is 7.33. The average Bonchev–Trinajstić information content (AvgIpc) is 2.96. The third kappa shape index (κ3) is 2.23. The average molecular weight is 277 g/mol. The normalized spacial score (nSPS) is 16.3. The van der Waals surface area contributed by atoms with Crippen LogP contribution in [0.25, 0.3) is 0 Å². The molecule has 0 bridgehead atoms. The van der Waals surface area contributed by atoms with Crippen molar-refractivity contribution in [3.63, 3.8) is 0 Å². The van der Waals surface area contributed by atoms with Crippen molar-refractivity contribution in [2.45, 2.75) is 23.1 Å². The van der Waals surface area contributed by atoms with E-state index in [9.17, 15) is 8.42 Å². The van der Waals surface area contributed by atoms with Crippen LogP contribution in [0.2, 0.25) is 4.34 Å². The highest BCUT2D eigenvalue weighted by molar-refractivity contribution is 7.91. The van der Waals surface area contributed by atoms with Gasteiger partial charge in [0.1, 0.15) is 10.8 Å². The van der Waals surface area contributed by atoms with Crippen LogP contribution in [0.1, 0.15) is 12.8 Å². The summed E-state index contributed by atoms with van der Waals surface area (Å²) < 4.78 is 26.2. The predicted molar refractivity (Wildman–Crippen MR) is 61.9 cm³/mol. The first-order valence-electron chi connectivity index (χ1n) is 4.70. The zero-order valence-electron chi connectivity index (χ0n) is 8.26. The molecule has 1 aromatic heterocycles. The van der Waals surface area contributed by atoms with E-state index in [0.717, 1.165) is 24.2 Å². The Hall–Kier alpha value is -0.610. The van der Waals surface area contributed by atoms with Crippen LogP contribution in [0.4, 0.5) is 0 Å². The molecule has 16 heavy (non-hydrogen) atoms. The van der Waals surface area contributed by atoms with E-state index in [4.69, 9.17) is 16.9 Å². The molecule has 0 unspecified atom stereocenters. The Labute approximate surface area is 103 Å². The fourth-order valence-electron chi connectivity index (χ4n) is 1.39. The minimum absolute atomic E-state index is 0.00877. The van der Waals surface area contributed by atoms with Crippen molar-refractivity contribution in [2.24, 2.45) is 0 Å². The SMILES string of the molecule is N#CCN(C1CC1)S(=O)(=O)c1ccc(Cl)s1. The van der Waals surface area contributed by atoms with Gasteiger partial charge in [-0.1, -0.05) is 11.6 Å². The quantitative estimate of drug-likeness (QED) is 0.791. The summed E-state index contributed by atoms with van der Waals surface area (Å²) in [6.45, 7) is -0.0947. The van der Waals surface area contributed by atoms with Crippen LogP contribution in [0.5, 0.6) is 0 Å². The maximum Gasteiger partial charge on any atom is 0.253 e. The highest BCUT2D eigenvalue weighted by Crippen LogP contribution is 2.34. The maximum atomic E-state index is 12.1. The highest BCUT2D eigenvalue weighted by atomic mass is 35.5. The predicted octanol–water partition coefficient (Wildman–Crippen LogP) is 2.08. The van der Waals surface area contributed by atoms with Gasteiger partial charge in [0.2, 0.25) is 0 Å². The smallest absolute Gasteiger partial charge is 0.206 e. The summed E-state index contributed by atoms with van der Waals surface area (Å²) in [5, 5.41) is 8.65. The van der Waals surface area contributed by atoms with Crippen molar-refractivity contribution >= 4 is 33.0 Å². The first kappa shape index (κ1) is 11.9. The summed E-state index contributed by atoms with van der Waals surface area (Å²) in [4.78, 5) is 0. The molecule has 0 aliphatic heterocycles. The summed E-state index contributed by atoms with van der Waals surface area (Å²) in [6.07, 6.45) is 1.67. The molecule has 7 heteroatoms. The van der Waals surface area contributed by atoms with Gasteiger partial charge in [0.15, 0.2) is 0 Å². The molecule has 0 saturated heterocycles. The van der Waals surface area contributed by atoms with E-state index in [1.807, 2.05) is 6.07 Å². The number of hydrogen-bond acceptors (Lipinski definition) is 4. The molecule has 1 aliphatic rings. The standard InChI is InChI=1S/C9H9ClN2O2S2/c10-8-3-4-9(15-8)16(13,14)12(6-5-11)7-1-2-7/h3-4,7H,1-2,6H2. The van der Waals surface area contributed by atoms with Crippen LogP contribution < -0.4 is 0 Å². The molecule has 1 aromatic rings. The summed E-state index contributed by atoms with van der Waals surface area (Å²) in [5.41, 5.74) is 0. The first-order chi connectivity index (χ1) is 7.55. The van der Waals surface area contributed by atoms with Crippen molar-refractivity contribution in [1.82, 2.24) is 4.31 Å². The Morgan fingerprint density at radius 3 is 2.69 bits per heavy atom. The van der Waals surface area contributed by atoms with Gasteiger partial charge in [0, 0.05) is 6.04 Å². The third-order valence-electron chi connectivity index (χ3n) is 2.29. The largest absolute Gasteiger partial charge is 0.253 e. The molecule has 0 aromatic carbocycles. The van der Waals surface area contributed by atoms with Crippen LogP contribution in [0, 0.1) is 11.3 Å². The minimum Gasteiger partial charge on any atom is -0.206 e. The molecule has 86 valence electrons. The lowest BCUT2D eigenvalue weighted by molar-refractivity contribution is 0.440. The van der Waals surface area contributed by atoms with Gasteiger partial charge < -0.3 is 0 Å². The van der Waals surface area contributed by atoms with E-state index in [-0.39, 0.29) is 16.8 Å². The van der Waals surface area contributed by atoms with Crippen LogP contribution in [-0.2, 0) is 10.0 Å². The second-order valence-electron chi connectivity index (χ2n) is 3.50. The molecular weight excluding hydrogens is 268 g/mol. The van der Waals surface area contributed by atoms with Gasteiger partial charge in [0.25, 0.3) is 10.0 Å². The van der Waals surface area contributed by atoms with Gasteiger partial charge in [-0.15, -0.1) is 11.3 Å². The molecule has 4 nitrogen and oxygen atoms in total. The molecule has 1 fully saturated rings. The van der Waals surface area contributed by atoms with Crippen LogP contribution in [0.3, 0.4) is 0 Å². The summed E-state index contributed by atoms with van der Waals surface area (Å²) in [7, 11) is -3.53. The van der Waals surface area contributed by atoms with Gasteiger partial charge in [-0.05, 0) is 25.0 Å². The number of thiophene rings is 1. The molecule has 0 spiro atoms. The molecule has 0 N–H and O–H groups in total. The molecule has 1 saturated carbocycles. The Morgan fingerprint density at radius 1 is 1.56 bits per heavy atom. The molecule has 0 amide bonds. The molecule has 0 atom stereocenters. The lowest BCUT2D eigenvalue weighted by Crippen LogP contribution is -2.32. The van der Waals surface area contributed by atoms with Crippen molar-refractivity contribution < 1.29 is 8.42 Å². The Kier molecular flexibility index (Phi) is 3.22. The summed E-state index contributed by atoms with van der Waals surface area (Å²) in [6, 6.07) is 4.91. The van der Waals surface area contributed by atoms with Gasteiger partial charge in [-0.3, -0.25) is 0 Å². The van der Waals surface area contributed by atoms with E-state index in [2.05, 4.69) is 0 Å². The Bertz CT molecular complexity index is 528. The van der Waals surface area contributed by atoms with Gasteiger partial charge in [0.05, 0.1) is 10.4 Å².